The molecule has 0 saturated heterocycles. The van der Waals surface area contributed by atoms with E-state index in [0.29, 0.717) is 18.8 Å². The van der Waals surface area contributed by atoms with Crippen molar-refractivity contribution in [2.75, 3.05) is 12.0 Å². The van der Waals surface area contributed by atoms with Gasteiger partial charge in [0.25, 0.3) is 0 Å². The van der Waals surface area contributed by atoms with Crippen LogP contribution >= 0.6 is 11.6 Å². The standard InChI is InChI=1S/C12H14ClN3O2S/c1-19(17,18)9-5-8-16-11(14-15-12(16)13)10-6-3-2-4-7-10/h2-4,6-7H,5,8-9H2,1H3. The van der Waals surface area contributed by atoms with E-state index >= 15 is 0 Å². The number of aromatic nitrogens is 3. The second-order valence-electron chi connectivity index (χ2n) is 4.29. The van der Waals surface area contributed by atoms with E-state index in [1.54, 1.807) is 4.57 Å². The molecule has 0 bridgehead atoms. The van der Waals surface area contributed by atoms with Crippen molar-refractivity contribution in [1.82, 2.24) is 14.8 Å². The zero-order valence-electron chi connectivity index (χ0n) is 10.5. The normalized spacial score (nSPS) is 11.7. The minimum atomic E-state index is -2.96. The molecule has 102 valence electrons. The lowest BCUT2D eigenvalue weighted by molar-refractivity contribution is 0.592. The fraction of sp³-hybridized carbons (Fsp3) is 0.333. The number of halogens is 1. The fourth-order valence-electron chi connectivity index (χ4n) is 1.77. The van der Waals surface area contributed by atoms with Gasteiger partial charge in [0.1, 0.15) is 9.84 Å². The van der Waals surface area contributed by atoms with E-state index in [1.165, 1.54) is 6.26 Å². The number of benzene rings is 1. The van der Waals surface area contributed by atoms with Gasteiger partial charge in [-0.15, -0.1) is 10.2 Å². The van der Waals surface area contributed by atoms with Gasteiger partial charge in [-0.2, -0.15) is 0 Å². The molecule has 0 unspecified atom stereocenters. The highest BCUT2D eigenvalue weighted by molar-refractivity contribution is 7.90. The highest BCUT2D eigenvalue weighted by Crippen LogP contribution is 2.20. The Kier molecular flexibility index (Phi) is 4.21. The fourth-order valence-corrected chi connectivity index (χ4v) is 2.62. The zero-order valence-corrected chi connectivity index (χ0v) is 12.0. The van der Waals surface area contributed by atoms with Gasteiger partial charge in [-0.3, -0.25) is 4.57 Å². The van der Waals surface area contributed by atoms with Crippen molar-refractivity contribution in [1.29, 1.82) is 0 Å². The molecular weight excluding hydrogens is 286 g/mol. The van der Waals surface area contributed by atoms with Crippen LogP contribution in [0.4, 0.5) is 0 Å². The van der Waals surface area contributed by atoms with Crippen LogP contribution in [0, 0.1) is 0 Å². The van der Waals surface area contributed by atoms with Crippen LogP contribution in [0.3, 0.4) is 0 Å². The Morgan fingerprint density at radius 1 is 1.21 bits per heavy atom. The third-order valence-corrected chi connectivity index (χ3v) is 3.94. The van der Waals surface area contributed by atoms with E-state index in [1.807, 2.05) is 30.3 Å². The molecule has 5 nitrogen and oxygen atoms in total. The second kappa shape index (κ2) is 5.71. The Morgan fingerprint density at radius 2 is 1.89 bits per heavy atom. The van der Waals surface area contributed by atoms with E-state index in [-0.39, 0.29) is 11.0 Å². The van der Waals surface area contributed by atoms with Crippen LogP contribution in [0.5, 0.6) is 0 Å². The number of rotatable bonds is 5. The highest BCUT2D eigenvalue weighted by atomic mass is 35.5. The van der Waals surface area contributed by atoms with Gasteiger partial charge < -0.3 is 0 Å². The molecular formula is C12H14ClN3O2S. The van der Waals surface area contributed by atoms with E-state index in [2.05, 4.69) is 10.2 Å². The van der Waals surface area contributed by atoms with Gasteiger partial charge in [0.15, 0.2) is 5.82 Å². The molecule has 0 spiro atoms. The predicted molar refractivity (Wildman–Crippen MR) is 74.8 cm³/mol. The van der Waals surface area contributed by atoms with Crippen LogP contribution in [0.2, 0.25) is 5.28 Å². The van der Waals surface area contributed by atoms with Crippen molar-refractivity contribution in [2.24, 2.45) is 0 Å². The largest absolute Gasteiger partial charge is 0.298 e. The van der Waals surface area contributed by atoms with Gasteiger partial charge in [0.2, 0.25) is 5.28 Å². The summed E-state index contributed by atoms with van der Waals surface area (Å²) in [6.45, 7) is 0.475. The first-order valence-corrected chi connectivity index (χ1v) is 8.23. The van der Waals surface area contributed by atoms with E-state index in [9.17, 15) is 8.42 Å². The Hall–Kier alpha value is -1.40. The summed E-state index contributed by atoms with van der Waals surface area (Å²) in [6, 6.07) is 9.54. The summed E-state index contributed by atoms with van der Waals surface area (Å²) in [4.78, 5) is 0. The SMILES string of the molecule is CS(=O)(=O)CCCn1c(Cl)nnc1-c1ccccc1. The summed E-state index contributed by atoms with van der Waals surface area (Å²) < 4.78 is 24.0. The Bertz CT molecular complexity index is 653. The highest BCUT2D eigenvalue weighted by Gasteiger charge is 2.12. The molecule has 7 heteroatoms. The number of sulfone groups is 1. The third-order valence-electron chi connectivity index (χ3n) is 2.63. The summed E-state index contributed by atoms with van der Waals surface area (Å²) in [7, 11) is -2.96. The molecule has 19 heavy (non-hydrogen) atoms. The lowest BCUT2D eigenvalue weighted by atomic mass is 10.2. The number of hydrogen-bond acceptors (Lipinski definition) is 4. The molecule has 0 aliphatic heterocycles. The van der Waals surface area contributed by atoms with Crippen LogP contribution < -0.4 is 0 Å². The van der Waals surface area contributed by atoms with E-state index < -0.39 is 9.84 Å². The maximum Gasteiger partial charge on any atom is 0.225 e. The summed E-state index contributed by atoms with van der Waals surface area (Å²) >= 11 is 5.98. The summed E-state index contributed by atoms with van der Waals surface area (Å²) in [6.07, 6.45) is 1.70. The van der Waals surface area contributed by atoms with Crippen molar-refractivity contribution in [3.8, 4) is 11.4 Å². The van der Waals surface area contributed by atoms with Crippen molar-refractivity contribution in [3.05, 3.63) is 35.6 Å². The van der Waals surface area contributed by atoms with Gasteiger partial charge >= 0.3 is 0 Å². The molecule has 0 N–H and O–H groups in total. The first kappa shape index (κ1) is 14.0. The third kappa shape index (κ3) is 3.78. The number of hydrogen-bond donors (Lipinski definition) is 0. The Balaban J connectivity index is 2.19. The molecule has 1 aromatic heterocycles. The van der Waals surface area contributed by atoms with Crippen molar-refractivity contribution in [2.45, 2.75) is 13.0 Å². The molecule has 0 fully saturated rings. The van der Waals surface area contributed by atoms with Crippen molar-refractivity contribution < 1.29 is 8.42 Å². The Labute approximate surface area is 117 Å². The minimum absolute atomic E-state index is 0.121. The maximum atomic E-state index is 11.1. The van der Waals surface area contributed by atoms with Crippen LogP contribution in [0.15, 0.2) is 30.3 Å². The summed E-state index contributed by atoms with van der Waals surface area (Å²) in [5.74, 6) is 0.773. The molecule has 0 amide bonds. The van der Waals surface area contributed by atoms with E-state index in [0.717, 1.165) is 5.56 Å². The molecule has 0 aliphatic carbocycles. The van der Waals surface area contributed by atoms with Gasteiger partial charge in [-0.1, -0.05) is 30.3 Å². The van der Waals surface area contributed by atoms with Crippen LogP contribution in [0.1, 0.15) is 6.42 Å². The Morgan fingerprint density at radius 3 is 2.53 bits per heavy atom. The first-order valence-electron chi connectivity index (χ1n) is 5.79. The maximum absolute atomic E-state index is 11.1. The average Bonchev–Trinajstić information content (AvgIpc) is 2.71. The van der Waals surface area contributed by atoms with Gasteiger partial charge in [-0.05, 0) is 18.0 Å². The monoisotopic (exact) mass is 299 g/mol. The molecule has 2 aromatic rings. The lowest BCUT2D eigenvalue weighted by Crippen LogP contribution is -2.08. The van der Waals surface area contributed by atoms with Gasteiger partial charge in [0, 0.05) is 18.4 Å². The smallest absolute Gasteiger partial charge is 0.225 e. The van der Waals surface area contributed by atoms with Crippen LogP contribution in [-0.2, 0) is 16.4 Å². The first-order chi connectivity index (χ1) is 8.97. The summed E-state index contributed by atoms with van der Waals surface area (Å²) in [5, 5.41) is 8.14. The molecule has 0 radical (unpaired) electrons. The molecule has 0 atom stereocenters. The quantitative estimate of drug-likeness (QED) is 0.847. The molecule has 0 aliphatic rings. The lowest BCUT2D eigenvalue weighted by Gasteiger charge is -2.07. The average molecular weight is 300 g/mol. The molecule has 1 heterocycles. The topological polar surface area (TPSA) is 64.8 Å². The molecule has 0 saturated carbocycles. The van der Waals surface area contributed by atoms with Crippen LogP contribution in [-0.4, -0.2) is 35.2 Å². The predicted octanol–water partition coefficient (Wildman–Crippen LogP) is 2.03. The van der Waals surface area contributed by atoms with Gasteiger partial charge in [0.05, 0.1) is 5.75 Å². The van der Waals surface area contributed by atoms with Gasteiger partial charge in [-0.25, -0.2) is 8.42 Å². The van der Waals surface area contributed by atoms with Crippen molar-refractivity contribution in [3.63, 3.8) is 0 Å². The zero-order chi connectivity index (χ0) is 13.9. The van der Waals surface area contributed by atoms with Crippen molar-refractivity contribution >= 4 is 21.4 Å². The van der Waals surface area contributed by atoms with E-state index in [4.69, 9.17) is 11.6 Å². The minimum Gasteiger partial charge on any atom is -0.298 e. The number of nitrogens with zero attached hydrogens (tertiary/aromatic N) is 3. The molecule has 2 rings (SSSR count). The summed E-state index contributed by atoms with van der Waals surface area (Å²) in [5.41, 5.74) is 0.904. The molecule has 1 aromatic carbocycles. The van der Waals surface area contributed by atoms with Crippen LogP contribution in [0.25, 0.3) is 11.4 Å². The second-order valence-corrected chi connectivity index (χ2v) is 6.89.